The summed E-state index contributed by atoms with van der Waals surface area (Å²) in [4.78, 5) is 11.1. The van der Waals surface area contributed by atoms with Crippen molar-refractivity contribution in [2.75, 3.05) is 5.73 Å². The molecule has 2 aromatic carbocycles. The number of nitrogen functional groups attached to an aromatic ring is 1. The van der Waals surface area contributed by atoms with Crippen molar-refractivity contribution in [3.05, 3.63) is 53.6 Å². The van der Waals surface area contributed by atoms with Crippen LogP contribution in [0.4, 0.5) is 14.5 Å². The molecule has 0 spiro atoms. The van der Waals surface area contributed by atoms with E-state index in [4.69, 9.17) is 16.2 Å². The second-order valence-corrected chi connectivity index (χ2v) is 3.79. The van der Waals surface area contributed by atoms with Gasteiger partial charge >= 0.3 is 0 Å². The lowest BCUT2D eigenvalue weighted by Crippen LogP contribution is -2.13. The van der Waals surface area contributed by atoms with E-state index in [2.05, 4.69) is 0 Å². The van der Waals surface area contributed by atoms with Crippen molar-refractivity contribution in [2.24, 2.45) is 5.73 Å². The molecule has 19 heavy (non-hydrogen) atoms. The SMILES string of the molecule is NC(=O)c1cccc(Oc2cc(F)cc(F)c2)c1N. The first kappa shape index (κ1) is 12.8. The van der Waals surface area contributed by atoms with Crippen molar-refractivity contribution < 1.29 is 18.3 Å². The molecule has 6 heteroatoms. The van der Waals surface area contributed by atoms with Crippen LogP contribution in [0.25, 0.3) is 0 Å². The largest absolute Gasteiger partial charge is 0.455 e. The van der Waals surface area contributed by atoms with E-state index in [1.54, 1.807) is 0 Å². The van der Waals surface area contributed by atoms with Crippen LogP contribution >= 0.6 is 0 Å². The van der Waals surface area contributed by atoms with E-state index in [1.807, 2.05) is 0 Å². The average Bonchev–Trinajstić information content (AvgIpc) is 2.30. The van der Waals surface area contributed by atoms with E-state index in [9.17, 15) is 13.6 Å². The number of benzene rings is 2. The molecule has 0 fully saturated rings. The van der Waals surface area contributed by atoms with Crippen molar-refractivity contribution in [3.8, 4) is 11.5 Å². The molecular formula is C13H10F2N2O2. The molecule has 0 bridgehead atoms. The lowest BCUT2D eigenvalue weighted by Gasteiger charge is -2.10. The minimum absolute atomic E-state index is 0.0136. The van der Waals surface area contributed by atoms with Gasteiger partial charge < -0.3 is 16.2 Å². The molecule has 1 amide bonds. The highest BCUT2D eigenvalue weighted by atomic mass is 19.1. The van der Waals surface area contributed by atoms with Gasteiger partial charge in [-0.1, -0.05) is 6.07 Å². The predicted octanol–water partition coefficient (Wildman–Crippen LogP) is 2.44. The van der Waals surface area contributed by atoms with Crippen molar-refractivity contribution in [1.29, 1.82) is 0 Å². The van der Waals surface area contributed by atoms with Crippen LogP contribution < -0.4 is 16.2 Å². The number of carbonyl (C=O) groups excluding carboxylic acids is 1. The Hall–Kier alpha value is -2.63. The Morgan fingerprint density at radius 3 is 2.32 bits per heavy atom. The number of amides is 1. The lowest BCUT2D eigenvalue weighted by atomic mass is 10.1. The predicted molar refractivity (Wildman–Crippen MR) is 65.8 cm³/mol. The van der Waals surface area contributed by atoms with E-state index in [0.29, 0.717) is 0 Å². The maximum absolute atomic E-state index is 13.0. The third-order valence-electron chi connectivity index (χ3n) is 2.40. The summed E-state index contributed by atoms with van der Waals surface area (Å²) >= 11 is 0. The Kier molecular flexibility index (Phi) is 3.33. The molecule has 0 aromatic heterocycles. The number of hydrogen-bond donors (Lipinski definition) is 2. The molecule has 4 N–H and O–H groups in total. The normalized spacial score (nSPS) is 10.2. The van der Waals surface area contributed by atoms with Crippen LogP contribution in [0.1, 0.15) is 10.4 Å². The first-order valence-corrected chi connectivity index (χ1v) is 5.29. The second kappa shape index (κ2) is 4.93. The summed E-state index contributed by atoms with van der Waals surface area (Å²) in [5.41, 5.74) is 10.9. The Bertz CT molecular complexity index is 624. The number of anilines is 1. The summed E-state index contributed by atoms with van der Waals surface area (Å²) in [7, 11) is 0. The number of para-hydroxylation sites is 1. The summed E-state index contributed by atoms with van der Waals surface area (Å²) < 4.78 is 31.3. The van der Waals surface area contributed by atoms with Crippen molar-refractivity contribution in [3.63, 3.8) is 0 Å². The van der Waals surface area contributed by atoms with Crippen LogP contribution in [0.5, 0.6) is 11.5 Å². The van der Waals surface area contributed by atoms with Gasteiger partial charge in [-0.05, 0) is 12.1 Å². The van der Waals surface area contributed by atoms with Gasteiger partial charge in [-0.2, -0.15) is 0 Å². The fourth-order valence-electron chi connectivity index (χ4n) is 1.56. The molecule has 2 rings (SSSR count). The van der Waals surface area contributed by atoms with Crippen molar-refractivity contribution in [1.82, 2.24) is 0 Å². The molecule has 0 saturated heterocycles. The minimum atomic E-state index is -0.778. The van der Waals surface area contributed by atoms with E-state index < -0.39 is 17.5 Å². The van der Waals surface area contributed by atoms with E-state index in [-0.39, 0.29) is 22.7 Å². The van der Waals surface area contributed by atoms with E-state index in [0.717, 1.165) is 18.2 Å². The molecule has 4 nitrogen and oxygen atoms in total. The number of carbonyl (C=O) groups is 1. The highest BCUT2D eigenvalue weighted by Gasteiger charge is 2.11. The zero-order chi connectivity index (χ0) is 14.0. The molecule has 0 atom stereocenters. The first-order chi connectivity index (χ1) is 8.97. The molecule has 0 unspecified atom stereocenters. The standard InChI is InChI=1S/C13H10F2N2O2/c14-7-4-8(15)6-9(5-7)19-11-3-1-2-10(12(11)16)13(17)18/h1-6H,16H2,(H2,17,18). The van der Waals surface area contributed by atoms with Crippen LogP contribution in [0.3, 0.4) is 0 Å². The summed E-state index contributed by atoms with van der Waals surface area (Å²) in [6, 6.07) is 7.11. The van der Waals surface area contributed by atoms with Gasteiger partial charge in [-0.3, -0.25) is 4.79 Å². The number of rotatable bonds is 3. The van der Waals surface area contributed by atoms with Gasteiger partial charge in [0.25, 0.3) is 5.91 Å². The molecule has 0 aliphatic carbocycles. The maximum atomic E-state index is 13.0. The van der Waals surface area contributed by atoms with Crippen LogP contribution in [-0.4, -0.2) is 5.91 Å². The van der Waals surface area contributed by atoms with Crippen LogP contribution in [0.2, 0.25) is 0 Å². The molecule has 98 valence electrons. The fraction of sp³-hybridized carbons (Fsp3) is 0. The number of nitrogens with two attached hydrogens (primary N) is 2. The second-order valence-electron chi connectivity index (χ2n) is 3.79. The van der Waals surface area contributed by atoms with E-state index in [1.165, 1.54) is 18.2 Å². The fourth-order valence-corrected chi connectivity index (χ4v) is 1.56. The quantitative estimate of drug-likeness (QED) is 0.836. The zero-order valence-electron chi connectivity index (χ0n) is 9.69. The van der Waals surface area contributed by atoms with Gasteiger partial charge in [0.1, 0.15) is 17.4 Å². The van der Waals surface area contributed by atoms with Gasteiger partial charge in [0, 0.05) is 18.2 Å². The van der Waals surface area contributed by atoms with Gasteiger partial charge in [0.2, 0.25) is 0 Å². The van der Waals surface area contributed by atoms with Gasteiger partial charge in [0.15, 0.2) is 5.75 Å². The topological polar surface area (TPSA) is 78.3 Å². The van der Waals surface area contributed by atoms with Crippen molar-refractivity contribution in [2.45, 2.75) is 0 Å². The lowest BCUT2D eigenvalue weighted by molar-refractivity contribution is 0.100. The summed E-state index contributed by atoms with van der Waals surface area (Å²) in [6.07, 6.45) is 0. The molecule has 0 aliphatic heterocycles. The summed E-state index contributed by atoms with van der Waals surface area (Å²) in [6.45, 7) is 0. The van der Waals surface area contributed by atoms with Crippen LogP contribution in [0, 0.1) is 11.6 Å². The number of hydrogen-bond acceptors (Lipinski definition) is 3. The van der Waals surface area contributed by atoms with Crippen molar-refractivity contribution >= 4 is 11.6 Å². The summed E-state index contributed by atoms with van der Waals surface area (Å²) in [5.74, 6) is -2.24. The molecular weight excluding hydrogens is 254 g/mol. The molecule has 2 aromatic rings. The van der Waals surface area contributed by atoms with Crippen LogP contribution in [0.15, 0.2) is 36.4 Å². The summed E-state index contributed by atoms with van der Waals surface area (Å²) in [5, 5.41) is 0. The third-order valence-corrected chi connectivity index (χ3v) is 2.40. The first-order valence-electron chi connectivity index (χ1n) is 5.29. The number of primary amides is 1. The van der Waals surface area contributed by atoms with Gasteiger partial charge in [0.05, 0.1) is 11.3 Å². The van der Waals surface area contributed by atoms with Gasteiger partial charge in [-0.25, -0.2) is 8.78 Å². The molecule has 0 radical (unpaired) electrons. The Morgan fingerprint density at radius 2 is 1.74 bits per heavy atom. The smallest absolute Gasteiger partial charge is 0.250 e. The Labute approximate surface area is 107 Å². The van der Waals surface area contributed by atoms with E-state index >= 15 is 0 Å². The monoisotopic (exact) mass is 264 g/mol. The number of halogens is 2. The number of ether oxygens (including phenoxy) is 1. The average molecular weight is 264 g/mol. The highest BCUT2D eigenvalue weighted by Crippen LogP contribution is 2.30. The Morgan fingerprint density at radius 1 is 1.11 bits per heavy atom. The molecule has 0 saturated carbocycles. The van der Waals surface area contributed by atoms with Crippen LogP contribution in [-0.2, 0) is 0 Å². The minimum Gasteiger partial charge on any atom is -0.455 e. The maximum Gasteiger partial charge on any atom is 0.250 e. The highest BCUT2D eigenvalue weighted by molar-refractivity contribution is 5.99. The third kappa shape index (κ3) is 2.79. The molecule has 0 aliphatic rings. The zero-order valence-corrected chi connectivity index (χ0v) is 9.69. The molecule has 0 heterocycles. The van der Waals surface area contributed by atoms with Gasteiger partial charge in [-0.15, -0.1) is 0 Å². The Balaban J connectivity index is 2.38.